The lowest BCUT2D eigenvalue weighted by Crippen LogP contribution is -2.00. The molecular weight excluding hydrogens is 320 g/mol. The Hall–Kier alpha value is -2.79. The monoisotopic (exact) mass is 336 g/mol. The minimum absolute atomic E-state index is 0.604. The molecule has 0 atom stereocenters. The summed E-state index contributed by atoms with van der Waals surface area (Å²) in [5.41, 5.74) is 2.28. The molecule has 0 aliphatic rings. The summed E-state index contributed by atoms with van der Waals surface area (Å²) in [6.07, 6.45) is 3.51. The number of ether oxygens (including phenoxy) is 1. The minimum Gasteiger partial charge on any atom is -0.497 e. The largest absolute Gasteiger partial charge is 0.497 e. The second-order valence-electron chi connectivity index (χ2n) is 5.35. The third kappa shape index (κ3) is 2.74. The van der Waals surface area contributed by atoms with Crippen LogP contribution in [0.15, 0.2) is 64.7 Å². The zero-order chi connectivity index (χ0) is 16.4. The molecule has 24 heavy (non-hydrogen) atoms. The smallest absolute Gasteiger partial charge is 0.135 e. The van der Waals surface area contributed by atoms with Gasteiger partial charge < -0.3 is 14.5 Å². The van der Waals surface area contributed by atoms with Crippen molar-refractivity contribution in [2.75, 3.05) is 12.4 Å². The highest BCUT2D eigenvalue weighted by molar-refractivity contribution is 7.17. The van der Waals surface area contributed by atoms with Crippen LogP contribution in [-0.2, 0) is 6.54 Å². The molecule has 0 fully saturated rings. The van der Waals surface area contributed by atoms with Crippen LogP contribution in [0.4, 0.5) is 5.82 Å². The zero-order valence-electron chi connectivity index (χ0n) is 13.2. The predicted molar refractivity (Wildman–Crippen MR) is 97.6 cm³/mol. The van der Waals surface area contributed by atoms with Gasteiger partial charge in [-0.05, 0) is 41.3 Å². The molecule has 4 nitrogen and oxygen atoms in total. The maximum absolute atomic E-state index is 5.39. The van der Waals surface area contributed by atoms with Gasteiger partial charge in [0.2, 0.25) is 0 Å². The highest BCUT2D eigenvalue weighted by Gasteiger charge is 2.12. The Labute approximate surface area is 143 Å². The van der Waals surface area contributed by atoms with Crippen LogP contribution in [-0.4, -0.2) is 12.1 Å². The van der Waals surface area contributed by atoms with Gasteiger partial charge in [-0.15, -0.1) is 11.3 Å². The summed E-state index contributed by atoms with van der Waals surface area (Å²) in [6.45, 7) is 0.604. The van der Waals surface area contributed by atoms with E-state index in [1.54, 1.807) is 24.7 Å². The van der Waals surface area contributed by atoms with E-state index in [1.807, 2.05) is 42.6 Å². The summed E-state index contributed by atoms with van der Waals surface area (Å²) in [4.78, 5) is 4.53. The van der Waals surface area contributed by atoms with E-state index in [1.165, 1.54) is 4.70 Å². The fraction of sp³-hybridized carbons (Fsp3) is 0.105. The average molecular weight is 336 g/mol. The molecule has 0 unspecified atom stereocenters. The van der Waals surface area contributed by atoms with Gasteiger partial charge in [-0.2, -0.15) is 0 Å². The lowest BCUT2D eigenvalue weighted by molar-refractivity contribution is 0.415. The van der Waals surface area contributed by atoms with Crippen LogP contribution in [0.1, 0.15) is 5.76 Å². The fourth-order valence-electron chi connectivity index (χ4n) is 2.70. The van der Waals surface area contributed by atoms with Crippen molar-refractivity contribution in [2.24, 2.45) is 0 Å². The maximum atomic E-state index is 5.39. The Morgan fingerprint density at radius 2 is 2.17 bits per heavy atom. The summed E-state index contributed by atoms with van der Waals surface area (Å²) in [5, 5.41) is 6.68. The van der Waals surface area contributed by atoms with Gasteiger partial charge in [0.25, 0.3) is 0 Å². The minimum atomic E-state index is 0.604. The van der Waals surface area contributed by atoms with E-state index < -0.39 is 0 Å². The van der Waals surface area contributed by atoms with Gasteiger partial charge in [-0.3, -0.25) is 0 Å². The molecule has 5 heteroatoms. The molecule has 3 heterocycles. The zero-order valence-corrected chi connectivity index (χ0v) is 14.0. The van der Waals surface area contributed by atoms with Gasteiger partial charge in [0.05, 0.1) is 19.9 Å². The molecule has 4 rings (SSSR count). The normalized spacial score (nSPS) is 10.9. The summed E-state index contributed by atoms with van der Waals surface area (Å²) in [5.74, 6) is 2.59. The molecule has 1 aromatic carbocycles. The molecule has 0 saturated heterocycles. The number of thiophene rings is 1. The van der Waals surface area contributed by atoms with Crippen molar-refractivity contribution in [3.05, 3.63) is 66.1 Å². The number of hydrogen-bond acceptors (Lipinski definition) is 5. The second kappa shape index (κ2) is 6.37. The number of nitrogens with zero attached hydrogens (tertiary/aromatic N) is 1. The van der Waals surface area contributed by atoms with Crippen LogP contribution in [0.3, 0.4) is 0 Å². The molecule has 0 bridgehead atoms. The first kappa shape index (κ1) is 14.8. The third-order valence-electron chi connectivity index (χ3n) is 3.88. The van der Waals surface area contributed by atoms with Crippen LogP contribution >= 0.6 is 11.3 Å². The molecule has 4 aromatic rings. The van der Waals surface area contributed by atoms with Gasteiger partial charge in [0.15, 0.2) is 0 Å². The van der Waals surface area contributed by atoms with Gasteiger partial charge >= 0.3 is 0 Å². The van der Waals surface area contributed by atoms with Crippen molar-refractivity contribution in [1.29, 1.82) is 0 Å². The van der Waals surface area contributed by atoms with Gasteiger partial charge in [-0.25, -0.2) is 4.98 Å². The Morgan fingerprint density at radius 3 is 3.00 bits per heavy atom. The molecule has 120 valence electrons. The number of pyridine rings is 1. The first-order valence-corrected chi connectivity index (χ1v) is 8.50. The highest BCUT2D eigenvalue weighted by atomic mass is 32.1. The fourth-order valence-corrected chi connectivity index (χ4v) is 3.67. The van der Waals surface area contributed by atoms with Crippen molar-refractivity contribution in [2.45, 2.75) is 6.54 Å². The number of anilines is 1. The van der Waals surface area contributed by atoms with Crippen LogP contribution in [0.25, 0.3) is 21.2 Å². The van der Waals surface area contributed by atoms with E-state index in [4.69, 9.17) is 9.15 Å². The lowest BCUT2D eigenvalue weighted by Gasteiger charge is -2.08. The van der Waals surface area contributed by atoms with Gasteiger partial charge in [0.1, 0.15) is 17.3 Å². The maximum Gasteiger partial charge on any atom is 0.135 e. The average Bonchev–Trinajstić information content (AvgIpc) is 3.29. The molecule has 0 radical (unpaired) electrons. The first-order valence-electron chi connectivity index (χ1n) is 7.62. The molecule has 0 saturated carbocycles. The van der Waals surface area contributed by atoms with Crippen LogP contribution < -0.4 is 10.1 Å². The molecule has 0 aliphatic carbocycles. The van der Waals surface area contributed by atoms with E-state index in [0.29, 0.717) is 6.54 Å². The van der Waals surface area contributed by atoms with Crippen molar-refractivity contribution < 1.29 is 9.15 Å². The molecule has 3 aromatic heterocycles. The number of fused-ring (bicyclic) bond motifs is 1. The van der Waals surface area contributed by atoms with Crippen molar-refractivity contribution in [1.82, 2.24) is 4.98 Å². The molecular formula is C19H16N2O2S. The molecule has 0 aliphatic heterocycles. The first-order chi connectivity index (χ1) is 11.8. The van der Waals surface area contributed by atoms with Crippen molar-refractivity contribution in [3.63, 3.8) is 0 Å². The highest BCUT2D eigenvalue weighted by Crippen LogP contribution is 2.38. The van der Waals surface area contributed by atoms with E-state index in [-0.39, 0.29) is 0 Å². The van der Waals surface area contributed by atoms with Gasteiger partial charge in [0, 0.05) is 21.8 Å². The standard InChI is InChI=1S/C19H16N2O2S/c1-22-14-5-2-4-13(10-14)16-12-24-17-7-8-20-19(18(16)17)21-11-15-6-3-9-23-15/h2-10,12H,11H2,1H3,(H,20,21). The second-order valence-corrected chi connectivity index (χ2v) is 6.26. The SMILES string of the molecule is COc1cccc(-c2csc3ccnc(NCc4ccco4)c23)c1. The Bertz CT molecular complexity index is 961. The number of furan rings is 1. The van der Waals surface area contributed by atoms with Crippen LogP contribution in [0, 0.1) is 0 Å². The van der Waals surface area contributed by atoms with E-state index >= 15 is 0 Å². The van der Waals surface area contributed by atoms with E-state index in [0.717, 1.165) is 33.8 Å². The summed E-state index contributed by atoms with van der Waals surface area (Å²) in [7, 11) is 1.68. The number of rotatable bonds is 5. The predicted octanol–water partition coefficient (Wildman–Crippen LogP) is 5.18. The Kier molecular flexibility index (Phi) is 3.92. The third-order valence-corrected chi connectivity index (χ3v) is 4.82. The van der Waals surface area contributed by atoms with E-state index in [9.17, 15) is 0 Å². The number of aromatic nitrogens is 1. The Balaban J connectivity index is 1.76. The summed E-state index contributed by atoms with van der Waals surface area (Å²) < 4.78 is 11.9. The molecule has 1 N–H and O–H groups in total. The number of methoxy groups -OCH3 is 1. The van der Waals surface area contributed by atoms with Crippen molar-refractivity contribution >= 4 is 27.2 Å². The Morgan fingerprint density at radius 1 is 1.21 bits per heavy atom. The topological polar surface area (TPSA) is 47.3 Å². The van der Waals surface area contributed by atoms with Crippen molar-refractivity contribution in [3.8, 4) is 16.9 Å². The van der Waals surface area contributed by atoms with E-state index in [2.05, 4.69) is 21.7 Å². The summed E-state index contributed by atoms with van der Waals surface area (Å²) >= 11 is 1.72. The van der Waals surface area contributed by atoms with Gasteiger partial charge in [-0.1, -0.05) is 12.1 Å². The summed E-state index contributed by atoms with van der Waals surface area (Å²) in [6, 6.07) is 14.0. The lowest BCUT2D eigenvalue weighted by atomic mass is 10.0. The quantitative estimate of drug-likeness (QED) is 0.546. The van der Waals surface area contributed by atoms with Crippen LogP contribution in [0.2, 0.25) is 0 Å². The molecule has 0 spiro atoms. The number of nitrogens with one attached hydrogen (secondary N) is 1. The van der Waals surface area contributed by atoms with Crippen LogP contribution in [0.5, 0.6) is 5.75 Å². The molecule has 0 amide bonds. The number of hydrogen-bond donors (Lipinski definition) is 1. The number of benzene rings is 1.